The van der Waals surface area contributed by atoms with Crippen LogP contribution in [0.25, 0.3) is 0 Å². The van der Waals surface area contributed by atoms with Gasteiger partial charge in [0.1, 0.15) is 0 Å². The molecule has 2 unspecified atom stereocenters. The summed E-state index contributed by atoms with van der Waals surface area (Å²) < 4.78 is 0. The van der Waals surface area contributed by atoms with Crippen molar-refractivity contribution in [3.05, 3.63) is 29.6 Å². The highest BCUT2D eigenvalue weighted by molar-refractivity contribution is 5.89. The van der Waals surface area contributed by atoms with E-state index in [0.717, 1.165) is 26.2 Å². The van der Waals surface area contributed by atoms with E-state index >= 15 is 0 Å². The van der Waals surface area contributed by atoms with Crippen molar-refractivity contribution in [3.63, 3.8) is 0 Å². The normalized spacial score (nSPS) is 25.5. The summed E-state index contributed by atoms with van der Waals surface area (Å²) >= 11 is 0. The van der Waals surface area contributed by atoms with E-state index in [-0.39, 0.29) is 11.1 Å². The van der Waals surface area contributed by atoms with E-state index in [0.29, 0.717) is 17.9 Å². The number of hydrogen-bond donors (Lipinski definition) is 1. The summed E-state index contributed by atoms with van der Waals surface area (Å²) in [5.74, 6) is 0.892. The Morgan fingerprint density at radius 3 is 2.26 bits per heavy atom. The summed E-state index contributed by atoms with van der Waals surface area (Å²) in [4.78, 5) is 17.5. The first-order valence-corrected chi connectivity index (χ1v) is 9.83. The minimum Gasteiger partial charge on any atom is -0.368 e. The number of likely N-dealkylation sites (tertiary alicyclic amines) is 1. The monoisotopic (exact) mass is 370 g/mol. The zero-order valence-electron chi connectivity index (χ0n) is 17.6. The Morgan fingerprint density at radius 1 is 0.963 bits per heavy atom. The maximum absolute atomic E-state index is 5.58. The summed E-state index contributed by atoms with van der Waals surface area (Å²) in [5.41, 5.74) is 8.88. The van der Waals surface area contributed by atoms with Crippen molar-refractivity contribution in [2.45, 2.75) is 71.8 Å². The Labute approximate surface area is 163 Å². The molecule has 4 rings (SSSR count). The Hall–Kier alpha value is -1.79. The molecule has 0 aromatic carbocycles. The number of pyridine rings is 1. The number of aromatic nitrogens is 1. The molecule has 6 nitrogen and oxygen atoms in total. The molecule has 2 atom stereocenters. The number of nitrogens with zero attached hydrogens (tertiary/aromatic N) is 5. The van der Waals surface area contributed by atoms with Crippen molar-refractivity contribution in [3.8, 4) is 0 Å². The van der Waals surface area contributed by atoms with Crippen LogP contribution in [0.4, 0.5) is 0 Å². The van der Waals surface area contributed by atoms with Gasteiger partial charge in [0.05, 0.1) is 6.04 Å². The zero-order valence-corrected chi connectivity index (χ0v) is 17.6. The third-order valence-corrected chi connectivity index (χ3v) is 5.65. The Balaban J connectivity index is 0.000000156. The van der Waals surface area contributed by atoms with Crippen LogP contribution in [-0.4, -0.2) is 57.2 Å². The molecule has 0 spiro atoms. The van der Waals surface area contributed by atoms with Crippen LogP contribution < -0.4 is 5.73 Å². The lowest BCUT2D eigenvalue weighted by molar-refractivity contribution is 0.136. The fourth-order valence-corrected chi connectivity index (χ4v) is 3.71. The van der Waals surface area contributed by atoms with Crippen LogP contribution >= 0.6 is 0 Å². The van der Waals surface area contributed by atoms with Gasteiger partial charge in [-0.1, -0.05) is 0 Å². The number of aliphatic imine (C=N–C) groups is 2. The maximum Gasteiger partial charge on any atom is 0.215 e. The standard InChI is InChI=1S/C11H16N2.C10H18N4/c1-11(2,3)13-7-9-4-5-12-6-10(9)8-13;1-10(2,3)14-5-7-4-12-9(11)13-8(7)6-14/h4-6H,7-8H2,1-3H3;4,7-8H,5-6H2,1-3H3,(H2,11,13). The predicted molar refractivity (Wildman–Crippen MR) is 112 cm³/mol. The summed E-state index contributed by atoms with van der Waals surface area (Å²) in [6.45, 7) is 17.6. The van der Waals surface area contributed by atoms with E-state index in [4.69, 9.17) is 5.73 Å². The molecule has 1 aromatic rings. The average Bonchev–Trinajstić information content (AvgIpc) is 3.18. The molecule has 1 aromatic heterocycles. The van der Waals surface area contributed by atoms with Gasteiger partial charge >= 0.3 is 0 Å². The number of hydrogen-bond acceptors (Lipinski definition) is 6. The third-order valence-electron chi connectivity index (χ3n) is 5.65. The van der Waals surface area contributed by atoms with Crippen LogP contribution in [0.3, 0.4) is 0 Å². The minimum absolute atomic E-state index is 0.218. The van der Waals surface area contributed by atoms with Crippen LogP contribution in [0.15, 0.2) is 28.4 Å². The highest BCUT2D eigenvalue weighted by Gasteiger charge is 2.38. The summed E-state index contributed by atoms with van der Waals surface area (Å²) in [6.07, 6.45) is 5.82. The molecule has 6 heteroatoms. The van der Waals surface area contributed by atoms with Gasteiger partial charge in [-0.3, -0.25) is 14.8 Å². The van der Waals surface area contributed by atoms with Crippen molar-refractivity contribution < 1.29 is 0 Å². The second-order valence-electron chi connectivity index (χ2n) is 9.74. The number of guanidine groups is 1. The van der Waals surface area contributed by atoms with E-state index in [2.05, 4.69) is 72.4 Å². The van der Waals surface area contributed by atoms with Crippen molar-refractivity contribution in [1.82, 2.24) is 14.8 Å². The fourth-order valence-electron chi connectivity index (χ4n) is 3.71. The highest BCUT2D eigenvalue weighted by Crippen LogP contribution is 2.28. The lowest BCUT2D eigenvalue weighted by atomic mass is 10.1. The van der Waals surface area contributed by atoms with E-state index < -0.39 is 0 Å². The first-order chi connectivity index (χ1) is 12.5. The Morgan fingerprint density at radius 2 is 1.63 bits per heavy atom. The van der Waals surface area contributed by atoms with Gasteiger partial charge in [0, 0.05) is 61.8 Å². The molecule has 0 saturated carbocycles. The molecule has 27 heavy (non-hydrogen) atoms. The van der Waals surface area contributed by atoms with Crippen molar-refractivity contribution >= 4 is 12.2 Å². The molecule has 0 bridgehead atoms. The van der Waals surface area contributed by atoms with E-state index in [1.165, 1.54) is 11.1 Å². The third kappa shape index (κ3) is 4.74. The van der Waals surface area contributed by atoms with Crippen molar-refractivity contribution in [2.75, 3.05) is 13.1 Å². The van der Waals surface area contributed by atoms with E-state index in [9.17, 15) is 0 Å². The fraction of sp³-hybridized carbons (Fsp3) is 0.667. The topological polar surface area (TPSA) is 70.1 Å². The molecule has 3 aliphatic rings. The van der Waals surface area contributed by atoms with Crippen LogP contribution in [0, 0.1) is 5.92 Å². The SMILES string of the molecule is CC(C)(C)N1CC2C=NC(N)=NC2C1.CC(C)(C)N1Cc2ccncc2C1. The van der Waals surface area contributed by atoms with Gasteiger partial charge in [0.15, 0.2) is 0 Å². The van der Waals surface area contributed by atoms with E-state index in [1.807, 2.05) is 18.6 Å². The molecule has 1 saturated heterocycles. The molecule has 2 N–H and O–H groups in total. The van der Waals surface area contributed by atoms with Crippen LogP contribution in [-0.2, 0) is 13.1 Å². The van der Waals surface area contributed by atoms with E-state index in [1.54, 1.807) is 0 Å². The second-order valence-corrected chi connectivity index (χ2v) is 9.74. The Bertz CT molecular complexity index is 700. The lowest BCUT2D eigenvalue weighted by Gasteiger charge is -2.31. The summed E-state index contributed by atoms with van der Waals surface area (Å²) in [6, 6.07) is 2.45. The number of nitrogens with two attached hydrogens (primary N) is 1. The minimum atomic E-state index is 0.218. The highest BCUT2D eigenvalue weighted by atomic mass is 15.3. The first kappa shape index (κ1) is 20.0. The van der Waals surface area contributed by atoms with Crippen molar-refractivity contribution in [1.29, 1.82) is 0 Å². The first-order valence-electron chi connectivity index (χ1n) is 9.83. The van der Waals surface area contributed by atoms with Gasteiger partial charge in [0.25, 0.3) is 0 Å². The lowest BCUT2D eigenvalue weighted by Crippen LogP contribution is -2.40. The molecule has 4 heterocycles. The van der Waals surface area contributed by atoms with Crippen LogP contribution in [0.1, 0.15) is 52.7 Å². The molecule has 0 amide bonds. The molecule has 148 valence electrons. The molecular formula is C21H34N6. The maximum atomic E-state index is 5.58. The number of rotatable bonds is 0. The molecular weight excluding hydrogens is 336 g/mol. The molecule has 0 radical (unpaired) electrons. The van der Waals surface area contributed by atoms with Crippen LogP contribution in [0.2, 0.25) is 0 Å². The molecule has 1 fully saturated rings. The summed E-state index contributed by atoms with van der Waals surface area (Å²) in [5, 5.41) is 0. The largest absolute Gasteiger partial charge is 0.368 e. The quantitative estimate of drug-likeness (QED) is 0.762. The van der Waals surface area contributed by atoms with Gasteiger partial charge in [0.2, 0.25) is 5.96 Å². The summed E-state index contributed by atoms with van der Waals surface area (Å²) in [7, 11) is 0. The van der Waals surface area contributed by atoms with Gasteiger partial charge < -0.3 is 5.73 Å². The predicted octanol–water partition coefficient (Wildman–Crippen LogP) is 2.68. The number of fused-ring (bicyclic) bond motifs is 2. The van der Waals surface area contributed by atoms with Gasteiger partial charge in [-0.2, -0.15) is 0 Å². The average molecular weight is 371 g/mol. The van der Waals surface area contributed by atoms with Crippen molar-refractivity contribution in [2.24, 2.45) is 21.6 Å². The van der Waals surface area contributed by atoms with Gasteiger partial charge in [-0.25, -0.2) is 9.98 Å². The Kier molecular flexibility index (Phi) is 5.41. The molecule has 3 aliphatic heterocycles. The van der Waals surface area contributed by atoms with Gasteiger partial charge in [-0.05, 0) is 58.7 Å². The smallest absolute Gasteiger partial charge is 0.215 e. The molecule has 0 aliphatic carbocycles. The van der Waals surface area contributed by atoms with Crippen LogP contribution in [0.5, 0.6) is 0 Å². The zero-order chi connectivity index (χ0) is 19.8. The van der Waals surface area contributed by atoms with Gasteiger partial charge in [-0.15, -0.1) is 0 Å². The second kappa shape index (κ2) is 7.32.